The summed E-state index contributed by atoms with van der Waals surface area (Å²) in [7, 11) is 0. The van der Waals surface area contributed by atoms with E-state index in [-0.39, 0.29) is 41.3 Å². The lowest BCUT2D eigenvalue weighted by atomic mass is 9.88. The van der Waals surface area contributed by atoms with E-state index in [1.54, 1.807) is 4.90 Å². The van der Waals surface area contributed by atoms with Gasteiger partial charge >= 0.3 is 0 Å². The van der Waals surface area contributed by atoms with Crippen LogP contribution < -0.4 is 5.32 Å². The Hall–Kier alpha value is -2.81. The average Bonchev–Trinajstić information content (AvgIpc) is 3.25. The Labute approximate surface area is 180 Å². The van der Waals surface area contributed by atoms with Crippen LogP contribution in [0, 0.1) is 17.7 Å². The predicted molar refractivity (Wildman–Crippen MR) is 109 cm³/mol. The molecule has 1 aromatic carbocycles. The first-order chi connectivity index (χ1) is 14.9. The van der Waals surface area contributed by atoms with E-state index < -0.39 is 11.9 Å². The molecule has 1 aromatic heterocycles. The summed E-state index contributed by atoms with van der Waals surface area (Å²) in [5, 5.41) is 6.97. The monoisotopic (exact) mass is 430 g/mol. The molecule has 0 spiro atoms. The maximum absolute atomic E-state index is 13.3. The third-order valence-corrected chi connectivity index (χ3v) is 5.90. The molecule has 0 unspecified atom stereocenters. The van der Waals surface area contributed by atoms with Crippen LogP contribution in [0.3, 0.4) is 0 Å². The van der Waals surface area contributed by atoms with Gasteiger partial charge in [-0.25, -0.2) is 4.39 Å². The Balaban J connectivity index is 1.57. The Morgan fingerprint density at radius 2 is 1.97 bits per heavy atom. The highest BCUT2D eigenvalue weighted by Gasteiger charge is 2.41. The molecule has 3 heterocycles. The zero-order valence-corrected chi connectivity index (χ0v) is 17.7. The van der Waals surface area contributed by atoms with Crippen molar-refractivity contribution >= 4 is 11.8 Å². The fourth-order valence-electron chi connectivity index (χ4n) is 4.24. The average molecular weight is 430 g/mol. The first-order valence-electron chi connectivity index (χ1n) is 10.7. The van der Waals surface area contributed by atoms with Crippen LogP contribution in [0.15, 0.2) is 28.8 Å². The van der Waals surface area contributed by atoms with E-state index in [0.717, 1.165) is 12.8 Å². The first-order valence-corrected chi connectivity index (χ1v) is 10.7. The number of piperazine rings is 1. The van der Waals surface area contributed by atoms with Crippen LogP contribution in [0.2, 0.25) is 0 Å². The van der Waals surface area contributed by atoms with Gasteiger partial charge in [-0.2, -0.15) is 4.98 Å². The number of aromatic nitrogens is 2. The van der Waals surface area contributed by atoms with Gasteiger partial charge in [0.2, 0.25) is 5.91 Å². The molecule has 8 nitrogen and oxygen atoms in total. The lowest BCUT2D eigenvalue weighted by molar-refractivity contribution is -0.131. The molecule has 166 valence electrons. The molecule has 2 aliphatic rings. The van der Waals surface area contributed by atoms with Crippen LogP contribution in [0.4, 0.5) is 4.39 Å². The number of amides is 2. The Kier molecular flexibility index (Phi) is 6.31. The number of halogens is 1. The van der Waals surface area contributed by atoms with Crippen LogP contribution in [0.25, 0.3) is 11.5 Å². The highest BCUT2D eigenvalue weighted by molar-refractivity contribution is 5.96. The maximum Gasteiger partial charge on any atom is 0.296 e. The number of benzene rings is 1. The quantitative estimate of drug-likeness (QED) is 0.783. The third-order valence-electron chi connectivity index (χ3n) is 5.90. The Morgan fingerprint density at radius 3 is 2.65 bits per heavy atom. The van der Waals surface area contributed by atoms with E-state index in [2.05, 4.69) is 15.5 Å². The molecule has 2 saturated heterocycles. The molecule has 2 amide bonds. The number of nitrogens with one attached hydrogen (secondary N) is 1. The molecule has 9 heteroatoms. The van der Waals surface area contributed by atoms with Gasteiger partial charge in [-0.1, -0.05) is 19.0 Å². The normalized spacial score (nSPS) is 22.6. The molecule has 2 fully saturated rings. The van der Waals surface area contributed by atoms with Crippen LogP contribution in [0.5, 0.6) is 0 Å². The van der Waals surface area contributed by atoms with Gasteiger partial charge in [0, 0.05) is 31.4 Å². The van der Waals surface area contributed by atoms with Crippen molar-refractivity contribution in [3.05, 3.63) is 35.9 Å². The van der Waals surface area contributed by atoms with Gasteiger partial charge in [0.05, 0.1) is 0 Å². The smallest absolute Gasteiger partial charge is 0.296 e. The largest absolute Gasteiger partial charge is 0.381 e. The van der Waals surface area contributed by atoms with E-state index in [4.69, 9.17) is 9.26 Å². The van der Waals surface area contributed by atoms with E-state index in [9.17, 15) is 14.0 Å². The number of ether oxygens (including phenoxy) is 1. The molecular formula is C22H27FN4O4. The second-order valence-corrected chi connectivity index (χ2v) is 8.60. The Bertz CT molecular complexity index is 924. The number of hydrogen-bond donors (Lipinski definition) is 1. The van der Waals surface area contributed by atoms with Gasteiger partial charge in [-0.15, -0.1) is 0 Å². The van der Waals surface area contributed by atoms with Crippen molar-refractivity contribution in [2.75, 3.05) is 19.8 Å². The minimum Gasteiger partial charge on any atom is -0.381 e. The van der Waals surface area contributed by atoms with Crippen molar-refractivity contribution in [2.24, 2.45) is 11.8 Å². The molecule has 2 atom stereocenters. The standard InChI is InChI=1S/C22H27FN4O4/c1-13(2)11-18-20(28)24-17(14-7-9-30-10-8-14)12-27(18)22(29)19-25-21(31-26-19)15-3-5-16(23)6-4-15/h3-6,13-14,17-18H,7-12H2,1-2H3,(H,24,28)/t17-,18-/m0/s1. The van der Waals surface area contributed by atoms with Crippen LogP contribution >= 0.6 is 0 Å². The SMILES string of the molecule is CC(C)C[C@H]1C(=O)N[C@H](C2CCOCC2)CN1C(=O)c1noc(-c2ccc(F)cc2)n1. The third kappa shape index (κ3) is 4.76. The lowest BCUT2D eigenvalue weighted by Crippen LogP contribution is -2.64. The summed E-state index contributed by atoms with van der Waals surface area (Å²) < 4.78 is 23.9. The van der Waals surface area contributed by atoms with Crippen molar-refractivity contribution in [1.29, 1.82) is 0 Å². The zero-order valence-electron chi connectivity index (χ0n) is 17.7. The summed E-state index contributed by atoms with van der Waals surface area (Å²) in [5.41, 5.74) is 0.517. The lowest BCUT2D eigenvalue weighted by Gasteiger charge is -2.43. The van der Waals surface area contributed by atoms with Gasteiger partial charge in [-0.3, -0.25) is 9.59 Å². The van der Waals surface area contributed by atoms with Crippen LogP contribution in [0.1, 0.15) is 43.7 Å². The fourth-order valence-corrected chi connectivity index (χ4v) is 4.24. The summed E-state index contributed by atoms with van der Waals surface area (Å²) in [6.45, 7) is 5.74. The van der Waals surface area contributed by atoms with Gasteiger partial charge in [-0.05, 0) is 55.4 Å². The second kappa shape index (κ2) is 9.13. The molecule has 1 N–H and O–H groups in total. The van der Waals surface area contributed by atoms with Crippen LogP contribution in [-0.2, 0) is 9.53 Å². The topological polar surface area (TPSA) is 97.6 Å². The van der Waals surface area contributed by atoms with Crippen molar-refractivity contribution in [1.82, 2.24) is 20.4 Å². The summed E-state index contributed by atoms with van der Waals surface area (Å²) in [6.07, 6.45) is 2.23. The predicted octanol–water partition coefficient (Wildman–Crippen LogP) is 2.66. The Morgan fingerprint density at radius 1 is 1.26 bits per heavy atom. The van der Waals surface area contributed by atoms with Crippen LogP contribution in [-0.4, -0.2) is 58.7 Å². The van der Waals surface area contributed by atoms with Crippen molar-refractivity contribution in [3.63, 3.8) is 0 Å². The first kappa shape index (κ1) is 21.4. The molecule has 0 aliphatic carbocycles. The van der Waals surface area contributed by atoms with E-state index in [1.807, 2.05) is 13.8 Å². The molecule has 0 bridgehead atoms. The molecule has 4 rings (SSSR count). The number of carbonyl (C=O) groups excluding carboxylic acids is 2. The molecule has 2 aliphatic heterocycles. The summed E-state index contributed by atoms with van der Waals surface area (Å²) in [6, 6.07) is 4.87. The summed E-state index contributed by atoms with van der Waals surface area (Å²) in [5.74, 6) is -0.449. The maximum atomic E-state index is 13.3. The van der Waals surface area contributed by atoms with E-state index >= 15 is 0 Å². The van der Waals surface area contributed by atoms with E-state index in [1.165, 1.54) is 24.3 Å². The van der Waals surface area contributed by atoms with Crippen molar-refractivity contribution in [2.45, 2.75) is 45.2 Å². The number of nitrogens with zero attached hydrogens (tertiary/aromatic N) is 3. The molecule has 0 radical (unpaired) electrons. The number of hydrogen-bond acceptors (Lipinski definition) is 6. The summed E-state index contributed by atoms with van der Waals surface area (Å²) in [4.78, 5) is 32.1. The highest BCUT2D eigenvalue weighted by Crippen LogP contribution is 2.26. The summed E-state index contributed by atoms with van der Waals surface area (Å²) >= 11 is 0. The van der Waals surface area contributed by atoms with Gasteiger partial charge in [0.1, 0.15) is 11.9 Å². The van der Waals surface area contributed by atoms with Gasteiger partial charge < -0.3 is 19.5 Å². The van der Waals surface area contributed by atoms with Gasteiger partial charge in [0.15, 0.2) is 0 Å². The minimum atomic E-state index is -0.587. The molecule has 2 aromatic rings. The highest BCUT2D eigenvalue weighted by atomic mass is 19.1. The molecule has 0 saturated carbocycles. The fraction of sp³-hybridized carbons (Fsp3) is 0.545. The van der Waals surface area contributed by atoms with Crippen molar-refractivity contribution in [3.8, 4) is 11.5 Å². The molecular weight excluding hydrogens is 403 g/mol. The minimum absolute atomic E-state index is 0.103. The van der Waals surface area contributed by atoms with E-state index in [0.29, 0.717) is 31.7 Å². The number of carbonyl (C=O) groups is 2. The second-order valence-electron chi connectivity index (χ2n) is 8.60. The van der Waals surface area contributed by atoms with Crippen molar-refractivity contribution < 1.29 is 23.2 Å². The molecule has 31 heavy (non-hydrogen) atoms. The van der Waals surface area contributed by atoms with Gasteiger partial charge in [0.25, 0.3) is 17.6 Å². The zero-order chi connectivity index (χ0) is 22.0. The number of rotatable bonds is 5.